The molecule has 1 aromatic rings. The van der Waals surface area contributed by atoms with E-state index in [2.05, 4.69) is 15.3 Å². The summed E-state index contributed by atoms with van der Waals surface area (Å²) in [6, 6.07) is 1.91. The summed E-state index contributed by atoms with van der Waals surface area (Å²) in [6.45, 7) is 6.54. The fourth-order valence-electron chi connectivity index (χ4n) is 1.38. The summed E-state index contributed by atoms with van der Waals surface area (Å²) >= 11 is 0. The first-order chi connectivity index (χ1) is 7.11. The van der Waals surface area contributed by atoms with E-state index in [4.69, 9.17) is 0 Å². The monoisotopic (exact) mass is 209 g/mol. The number of anilines is 1. The highest BCUT2D eigenvalue weighted by Crippen LogP contribution is 2.06. The summed E-state index contributed by atoms with van der Waals surface area (Å²) in [7, 11) is 0. The summed E-state index contributed by atoms with van der Waals surface area (Å²) in [4.78, 5) is 8.45. The van der Waals surface area contributed by atoms with Gasteiger partial charge in [-0.1, -0.05) is 6.92 Å². The molecule has 0 radical (unpaired) electrons. The number of nitrogens with zero attached hydrogens (tertiary/aromatic N) is 2. The molecule has 1 heterocycles. The van der Waals surface area contributed by atoms with Crippen molar-refractivity contribution in [2.45, 2.75) is 39.7 Å². The number of aliphatic hydroxyl groups excluding tert-OH is 1. The van der Waals surface area contributed by atoms with Gasteiger partial charge in [0.25, 0.3) is 0 Å². The lowest BCUT2D eigenvalue weighted by Gasteiger charge is -2.09. The predicted octanol–water partition coefficient (Wildman–Crippen LogP) is 1.67. The van der Waals surface area contributed by atoms with E-state index in [0.717, 1.165) is 36.7 Å². The van der Waals surface area contributed by atoms with Crippen molar-refractivity contribution in [3.05, 3.63) is 17.6 Å². The van der Waals surface area contributed by atoms with Crippen molar-refractivity contribution in [1.82, 2.24) is 9.97 Å². The minimum absolute atomic E-state index is 0.221. The van der Waals surface area contributed by atoms with Crippen LogP contribution < -0.4 is 5.32 Å². The average Bonchev–Trinajstić information content (AvgIpc) is 2.16. The molecule has 2 N–H and O–H groups in total. The zero-order valence-corrected chi connectivity index (χ0v) is 9.62. The Morgan fingerprint density at radius 3 is 2.73 bits per heavy atom. The van der Waals surface area contributed by atoms with Gasteiger partial charge in [-0.2, -0.15) is 0 Å². The summed E-state index contributed by atoms with van der Waals surface area (Å²) in [5, 5.41) is 12.6. The van der Waals surface area contributed by atoms with Crippen LogP contribution in [0, 0.1) is 13.8 Å². The smallest absolute Gasteiger partial charge is 0.129 e. The zero-order chi connectivity index (χ0) is 11.3. The first kappa shape index (κ1) is 11.9. The molecule has 0 saturated carbocycles. The Bertz CT molecular complexity index is 294. The van der Waals surface area contributed by atoms with Crippen molar-refractivity contribution in [1.29, 1.82) is 0 Å². The van der Waals surface area contributed by atoms with Crippen molar-refractivity contribution in [2.75, 3.05) is 11.9 Å². The molecule has 4 nitrogen and oxygen atoms in total. The highest BCUT2D eigenvalue weighted by atomic mass is 16.3. The summed E-state index contributed by atoms with van der Waals surface area (Å²) in [5.74, 6) is 1.61. The van der Waals surface area contributed by atoms with Crippen LogP contribution in [-0.2, 0) is 0 Å². The second-order valence-electron chi connectivity index (χ2n) is 3.72. The van der Waals surface area contributed by atoms with Crippen molar-refractivity contribution in [3.63, 3.8) is 0 Å². The summed E-state index contributed by atoms with van der Waals surface area (Å²) in [5.41, 5.74) is 0.959. The van der Waals surface area contributed by atoms with Gasteiger partial charge in [0.15, 0.2) is 0 Å². The van der Waals surface area contributed by atoms with Gasteiger partial charge in [-0.25, -0.2) is 9.97 Å². The van der Waals surface area contributed by atoms with Gasteiger partial charge >= 0.3 is 0 Å². The van der Waals surface area contributed by atoms with Gasteiger partial charge in [-0.05, 0) is 26.7 Å². The minimum Gasteiger partial charge on any atom is -0.393 e. The van der Waals surface area contributed by atoms with E-state index < -0.39 is 0 Å². The third-order valence-electron chi connectivity index (χ3n) is 2.22. The Kier molecular flexibility index (Phi) is 4.49. The van der Waals surface area contributed by atoms with E-state index in [1.165, 1.54) is 0 Å². The molecule has 15 heavy (non-hydrogen) atoms. The molecule has 0 bridgehead atoms. The Labute approximate surface area is 90.8 Å². The molecule has 1 atom stereocenters. The Morgan fingerprint density at radius 2 is 2.13 bits per heavy atom. The van der Waals surface area contributed by atoms with Crippen LogP contribution in [-0.4, -0.2) is 27.7 Å². The third-order valence-corrected chi connectivity index (χ3v) is 2.22. The van der Waals surface area contributed by atoms with Crippen LogP contribution in [0.25, 0.3) is 0 Å². The van der Waals surface area contributed by atoms with Crippen LogP contribution in [0.5, 0.6) is 0 Å². The zero-order valence-electron chi connectivity index (χ0n) is 9.62. The van der Waals surface area contributed by atoms with Crippen LogP contribution in [0.3, 0.4) is 0 Å². The van der Waals surface area contributed by atoms with Crippen LogP contribution in [0.1, 0.15) is 31.3 Å². The average molecular weight is 209 g/mol. The largest absolute Gasteiger partial charge is 0.393 e. The number of nitrogens with one attached hydrogen (secondary N) is 1. The van der Waals surface area contributed by atoms with Gasteiger partial charge < -0.3 is 10.4 Å². The first-order valence-electron chi connectivity index (χ1n) is 5.36. The number of rotatable bonds is 5. The number of aryl methyl sites for hydroxylation is 2. The molecule has 0 spiro atoms. The molecule has 4 heteroatoms. The van der Waals surface area contributed by atoms with Gasteiger partial charge in [0.1, 0.15) is 11.6 Å². The quantitative estimate of drug-likeness (QED) is 0.774. The second kappa shape index (κ2) is 5.66. The van der Waals surface area contributed by atoms with Crippen LogP contribution in [0.2, 0.25) is 0 Å². The molecule has 0 aliphatic heterocycles. The maximum atomic E-state index is 9.37. The summed E-state index contributed by atoms with van der Waals surface area (Å²) in [6.07, 6.45) is 1.32. The maximum absolute atomic E-state index is 9.37. The number of aromatic nitrogens is 2. The second-order valence-corrected chi connectivity index (χ2v) is 3.72. The molecule has 0 aromatic carbocycles. The lowest BCUT2D eigenvalue weighted by molar-refractivity contribution is 0.164. The van der Waals surface area contributed by atoms with Gasteiger partial charge in [0.2, 0.25) is 0 Å². The fourth-order valence-corrected chi connectivity index (χ4v) is 1.38. The molecular weight excluding hydrogens is 190 g/mol. The lowest BCUT2D eigenvalue weighted by atomic mass is 10.2. The molecule has 0 aliphatic rings. The van der Waals surface area contributed by atoms with Gasteiger partial charge in [-0.3, -0.25) is 0 Å². The Morgan fingerprint density at radius 1 is 1.40 bits per heavy atom. The molecule has 1 unspecified atom stereocenters. The maximum Gasteiger partial charge on any atom is 0.129 e. The molecule has 0 aliphatic carbocycles. The molecule has 0 fully saturated rings. The first-order valence-corrected chi connectivity index (χ1v) is 5.36. The highest BCUT2D eigenvalue weighted by molar-refractivity contribution is 5.35. The molecular formula is C11H19N3O. The number of hydrogen-bond donors (Lipinski definition) is 2. The lowest BCUT2D eigenvalue weighted by Crippen LogP contribution is -2.13. The predicted molar refractivity (Wildman–Crippen MR) is 60.9 cm³/mol. The molecule has 1 rings (SSSR count). The third kappa shape index (κ3) is 4.25. The van der Waals surface area contributed by atoms with Crippen LogP contribution >= 0.6 is 0 Å². The van der Waals surface area contributed by atoms with Crippen molar-refractivity contribution in [3.8, 4) is 0 Å². The van der Waals surface area contributed by atoms with E-state index in [-0.39, 0.29) is 6.10 Å². The summed E-state index contributed by atoms with van der Waals surface area (Å²) < 4.78 is 0. The molecule has 0 amide bonds. The van der Waals surface area contributed by atoms with Gasteiger partial charge in [0.05, 0.1) is 6.10 Å². The van der Waals surface area contributed by atoms with Crippen molar-refractivity contribution >= 4 is 5.82 Å². The van der Waals surface area contributed by atoms with E-state index >= 15 is 0 Å². The van der Waals surface area contributed by atoms with E-state index in [1.54, 1.807) is 0 Å². The van der Waals surface area contributed by atoms with Crippen molar-refractivity contribution in [2.24, 2.45) is 0 Å². The fraction of sp³-hybridized carbons (Fsp3) is 0.636. The van der Waals surface area contributed by atoms with Crippen LogP contribution in [0.4, 0.5) is 5.82 Å². The van der Waals surface area contributed by atoms with E-state index in [0.29, 0.717) is 0 Å². The number of hydrogen-bond acceptors (Lipinski definition) is 4. The normalized spacial score (nSPS) is 12.5. The topological polar surface area (TPSA) is 58.0 Å². The van der Waals surface area contributed by atoms with Gasteiger partial charge in [-0.15, -0.1) is 0 Å². The standard InChI is InChI=1S/C11H19N3O/c1-4-10(15)5-6-12-11-7-8(2)13-9(3)14-11/h7,10,15H,4-6H2,1-3H3,(H,12,13,14). The van der Waals surface area contributed by atoms with Gasteiger partial charge in [0, 0.05) is 18.3 Å². The minimum atomic E-state index is -0.221. The Balaban J connectivity index is 2.43. The van der Waals surface area contributed by atoms with E-state index in [9.17, 15) is 5.11 Å². The molecule has 0 saturated heterocycles. The Hall–Kier alpha value is -1.16. The van der Waals surface area contributed by atoms with E-state index in [1.807, 2.05) is 26.8 Å². The molecule has 84 valence electrons. The van der Waals surface area contributed by atoms with Crippen LogP contribution in [0.15, 0.2) is 6.07 Å². The SMILES string of the molecule is CCC(O)CCNc1cc(C)nc(C)n1. The number of aliphatic hydroxyl groups is 1. The molecule has 1 aromatic heterocycles. The highest BCUT2D eigenvalue weighted by Gasteiger charge is 2.01. The van der Waals surface area contributed by atoms with Crippen molar-refractivity contribution < 1.29 is 5.11 Å².